The summed E-state index contributed by atoms with van der Waals surface area (Å²) in [6.45, 7) is 2.45. The number of nitrogens with two attached hydrogens (primary N) is 1. The molecule has 0 aliphatic heterocycles. The minimum absolute atomic E-state index is 0.507. The maximum absolute atomic E-state index is 5.68. The van der Waals surface area contributed by atoms with E-state index in [4.69, 9.17) is 10.5 Å². The van der Waals surface area contributed by atoms with Crippen molar-refractivity contribution < 1.29 is 4.74 Å². The number of benzene rings is 1. The number of aryl methyl sites for hydroxylation is 1. The first kappa shape index (κ1) is 12.1. The first-order valence-electron chi connectivity index (χ1n) is 5.28. The molecule has 0 atom stereocenters. The summed E-state index contributed by atoms with van der Waals surface area (Å²) in [6.07, 6.45) is 1.71. The number of nitrogens with zero attached hydrogens (tertiary/aromatic N) is 1. The van der Waals surface area contributed by atoms with Crippen LogP contribution < -0.4 is 10.5 Å². The van der Waals surface area contributed by atoms with Gasteiger partial charge >= 0.3 is 0 Å². The summed E-state index contributed by atoms with van der Waals surface area (Å²) in [7, 11) is 0. The van der Waals surface area contributed by atoms with Gasteiger partial charge in [-0.25, -0.2) is 0 Å². The van der Waals surface area contributed by atoms with E-state index in [2.05, 4.69) is 20.9 Å². The van der Waals surface area contributed by atoms with Crippen LogP contribution >= 0.6 is 15.9 Å². The van der Waals surface area contributed by atoms with Crippen LogP contribution in [0.4, 0.5) is 0 Å². The van der Waals surface area contributed by atoms with Gasteiger partial charge in [0.05, 0.1) is 6.20 Å². The average Bonchev–Trinajstić information content (AvgIpc) is 2.32. The summed E-state index contributed by atoms with van der Waals surface area (Å²) in [5.74, 6) is 1.49. The van der Waals surface area contributed by atoms with E-state index in [9.17, 15) is 0 Å². The molecule has 0 unspecified atom stereocenters. The van der Waals surface area contributed by atoms with Crippen LogP contribution in [0.1, 0.15) is 11.3 Å². The van der Waals surface area contributed by atoms with Crippen molar-refractivity contribution in [2.45, 2.75) is 13.5 Å². The number of aromatic nitrogens is 1. The van der Waals surface area contributed by atoms with Crippen LogP contribution in [0.3, 0.4) is 0 Å². The fourth-order valence-electron chi connectivity index (χ4n) is 1.41. The molecular weight excluding hydrogens is 280 g/mol. The van der Waals surface area contributed by atoms with Gasteiger partial charge in [0.15, 0.2) is 0 Å². The number of ether oxygens (including phenoxy) is 1. The molecule has 1 heterocycles. The van der Waals surface area contributed by atoms with Crippen LogP contribution in [0.15, 0.2) is 41.0 Å². The zero-order chi connectivity index (χ0) is 12.3. The zero-order valence-electron chi connectivity index (χ0n) is 9.48. The van der Waals surface area contributed by atoms with Gasteiger partial charge in [-0.15, -0.1) is 0 Å². The molecule has 0 bridgehead atoms. The third kappa shape index (κ3) is 3.05. The van der Waals surface area contributed by atoms with Crippen molar-refractivity contribution in [1.82, 2.24) is 4.98 Å². The van der Waals surface area contributed by atoms with Crippen LogP contribution in [-0.4, -0.2) is 4.98 Å². The minimum atomic E-state index is 0.507. The second kappa shape index (κ2) is 5.29. The Morgan fingerprint density at radius 2 is 2.00 bits per heavy atom. The Balaban J connectivity index is 2.19. The summed E-state index contributed by atoms with van der Waals surface area (Å²) in [4.78, 5) is 4.17. The van der Waals surface area contributed by atoms with Crippen molar-refractivity contribution in [3.63, 3.8) is 0 Å². The van der Waals surface area contributed by atoms with E-state index in [-0.39, 0.29) is 0 Å². The van der Waals surface area contributed by atoms with Crippen molar-refractivity contribution in [3.05, 3.63) is 52.3 Å². The Hall–Kier alpha value is -1.39. The van der Waals surface area contributed by atoms with Crippen LogP contribution in [-0.2, 0) is 6.54 Å². The predicted molar refractivity (Wildman–Crippen MR) is 71.1 cm³/mol. The van der Waals surface area contributed by atoms with Crippen molar-refractivity contribution in [1.29, 1.82) is 0 Å². The van der Waals surface area contributed by atoms with E-state index in [0.717, 1.165) is 27.2 Å². The van der Waals surface area contributed by atoms with Crippen LogP contribution in [0.5, 0.6) is 11.5 Å². The fourth-order valence-corrected chi connectivity index (χ4v) is 1.93. The lowest BCUT2D eigenvalue weighted by Gasteiger charge is -2.07. The summed E-state index contributed by atoms with van der Waals surface area (Å²) < 4.78 is 6.64. The first-order valence-corrected chi connectivity index (χ1v) is 6.07. The highest BCUT2D eigenvalue weighted by Crippen LogP contribution is 2.26. The van der Waals surface area contributed by atoms with Gasteiger partial charge in [-0.2, -0.15) is 0 Å². The third-order valence-corrected chi connectivity index (χ3v) is 3.10. The SMILES string of the molecule is Cc1ccc(Oc2ccc(CN)c(Br)c2)cn1. The maximum Gasteiger partial charge on any atom is 0.145 e. The minimum Gasteiger partial charge on any atom is -0.456 e. The van der Waals surface area contributed by atoms with E-state index < -0.39 is 0 Å². The van der Waals surface area contributed by atoms with E-state index in [0.29, 0.717) is 6.54 Å². The smallest absolute Gasteiger partial charge is 0.145 e. The van der Waals surface area contributed by atoms with E-state index in [1.165, 1.54) is 0 Å². The maximum atomic E-state index is 5.68. The molecule has 2 aromatic rings. The molecule has 0 spiro atoms. The molecule has 1 aromatic carbocycles. The topological polar surface area (TPSA) is 48.1 Å². The van der Waals surface area contributed by atoms with E-state index in [1.54, 1.807) is 6.20 Å². The molecule has 2 N–H and O–H groups in total. The number of hydrogen-bond acceptors (Lipinski definition) is 3. The molecule has 2 rings (SSSR count). The molecule has 0 saturated heterocycles. The molecular formula is C13H13BrN2O. The lowest BCUT2D eigenvalue weighted by atomic mass is 10.2. The second-order valence-electron chi connectivity index (χ2n) is 3.69. The third-order valence-electron chi connectivity index (χ3n) is 2.36. The Labute approximate surface area is 109 Å². The Kier molecular flexibility index (Phi) is 3.76. The molecule has 0 aliphatic rings. The van der Waals surface area contributed by atoms with Gasteiger partial charge in [-0.3, -0.25) is 4.98 Å². The summed E-state index contributed by atoms with van der Waals surface area (Å²) >= 11 is 3.46. The monoisotopic (exact) mass is 292 g/mol. The molecule has 0 aliphatic carbocycles. The molecule has 4 heteroatoms. The molecule has 17 heavy (non-hydrogen) atoms. The molecule has 1 aromatic heterocycles. The van der Waals surface area contributed by atoms with Gasteiger partial charge in [0.1, 0.15) is 11.5 Å². The highest BCUT2D eigenvalue weighted by molar-refractivity contribution is 9.10. The van der Waals surface area contributed by atoms with Crippen LogP contribution in [0.2, 0.25) is 0 Å². The van der Waals surface area contributed by atoms with Crippen molar-refractivity contribution >= 4 is 15.9 Å². The number of hydrogen-bond donors (Lipinski definition) is 1. The van der Waals surface area contributed by atoms with E-state index in [1.807, 2.05) is 37.3 Å². The first-order chi connectivity index (χ1) is 8.19. The molecule has 0 saturated carbocycles. The average molecular weight is 293 g/mol. The van der Waals surface area contributed by atoms with Gasteiger partial charge in [-0.1, -0.05) is 22.0 Å². The normalized spacial score (nSPS) is 10.3. The largest absolute Gasteiger partial charge is 0.456 e. The quantitative estimate of drug-likeness (QED) is 0.943. The standard InChI is InChI=1S/C13H13BrN2O/c1-9-2-4-12(8-16-9)17-11-5-3-10(7-15)13(14)6-11/h2-6,8H,7,15H2,1H3. The van der Waals surface area contributed by atoms with Gasteiger partial charge in [0.2, 0.25) is 0 Å². The van der Waals surface area contributed by atoms with Gasteiger partial charge in [0, 0.05) is 16.7 Å². The van der Waals surface area contributed by atoms with Crippen LogP contribution in [0, 0.1) is 6.92 Å². The van der Waals surface area contributed by atoms with Gasteiger partial charge in [0.25, 0.3) is 0 Å². The lowest BCUT2D eigenvalue weighted by Crippen LogP contribution is -1.97. The summed E-state index contributed by atoms with van der Waals surface area (Å²) in [5, 5.41) is 0. The number of rotatable bonds is 3. The van der Waals surface area contributed by atoms with Gasteiger partial charge in [-0.05, 0) is 36.8 Å². The Bertz CT molecular complexity index is 511. The van der Waals surface area contributed by atoms with Crippen LogP contribution in [0.25, 0.3) is 0 Å². The van der Waals surface area contributed by atoms with Crippen molar-refractivity contribution in [3.8, 4) is 11.5 Å². The number of halogens is 1. The second-order valence-corrected chi connectivity index (χ2v) is 4.55. The highest BCUT2D eigenvalue weighted by Gasteiger charge is 2.02. The molecule has 3 nitrogen and oxygen atoms in total. The lowest BCUT2D eigenvalue weighted by molar-refractivity contribution is 0.479. The highest BCUT2D eigenvalue weighted by atomic mass is 79.9. The summed E-state index contributed by atoms with van der Waals surface area (Å²) in [5.41, 5.74) is 7.61. The molecule has 88 valence electrons. The molecule has 0 amide bonds. The van der Waals surface area contributed by atoms with E-state index >= 15 is 0 Å². The zero-order valence-corrected chi connectivity index (χ0v) is 11.1. The predicted octanol–water partition coefficient (Wildman–Crippen LogP) is 3.40. The number of pyridine rings is 1. The Morgan fingerprint density at radius 3 is 2.59 bits per heavy atom. The fraction of sp³-hybridized carbons (Fsp3) is 0.154. The summed E-state index contributed by atoms with van der Waals surface area (Å²) in [6, 6.07) is 9.56. The van der Waals surface area contributed by atoms with Crippen molar-refractivity contribution in [2.75, 3.05) is 0 Å². The Morgan fingerprint density at radius 1 is 1.24 bits per heavy atom. The molecule has 0 radical (unpaired) electrons. The van der Waals surface area contributed by atoms with Gasteiger partial charge < -0.3 is 10.5 Å². The van der Waals surface area contributed by atoms with Crippen molar-refractivity contribution in [2.24, 2.45) is 5.73 Å². The molecule has 0 fully saturated rings.